The Labute approximate surface area is 167 Å². The van der Waals surface area contributed by atoms with E-state index >= 15 is 0 Å². The van der Waals surface area contributed by atoms with Crippen LogP contribution in [0, 0.1) is 19.7 Å². The monoisotopic (exact) mass is 389 g/mol. The van der Waals surface area contributed by atoms with Gasteiger partial charge in [-0.05, 0) is 61.4 Å². The standard InChI is InChI=1S/C23H20FN3O2/c1-15-8-9-21(20(24)11-15)26-23(28)17-6-3-7-19(12-17)29-14-18-13-27-10-4-5-16(2)22(27)25-18/h3-13H,14H2,1-2H3,(H,26,28). The molecule has 0 saturated heterocycles. The molecule has 2 heterocycles. The molecule has 0 aliphatic carbocycles. The number of anilines is 1. The van der Waals surface area contributed by atoms with Crippen molar-refractivity contribution in [1.82, 2.24) is 9.38 Å². The van der Waals surface area contributed by atoms with Gasteiger partial charge in [0.2, 0.25) is 0 Å². The molecule has 4 rings (SSSR count). The number of carbonyl (C=O) groups excluding carboxylic acids is 1. The predicted molar refractivity (Wildman–Crippen MR) is 110 cm³/mol. The van der Waals surface area contributed by atoms with Crippen LogP contribution in [0.15, 0.2) is 67.0 Å². The molecule has 1 amide bonds. The molecule has 4 aromatic rings. The summed E-state index contributed by atoms with van der Waals surface area (Å²) in [4.78, 5) is 17.1. The third kappa shape index (κ3) is 4.11. The molecule has 146 valence electrons. The van der Waals surface area contributed by atoms with Crippen molar-refractivity contribution in [2.75, 3.05) is 5.32 Å². The fraction of sp³-hybridized carbons (Fsp3) is 0.130. The minimum absolute atomic E-state index is 0.145. The largest absolute Gasteiger partial charge is 0.487 e. The van der Waals surface area contributed by atoms with Gasteiger partial charge in [0, 0.05) is 18.0 Å². The van der Waals surface area contributed by atoms with Gasteiger partial charge in [-0.2, -0.15) is 0 Å². The molecule has 0 atom stereocenters. The van der Waals surface area contributed by atoms with Crippen LogP contribution < -0.4 is 10.1 Å². The van der Waals surface area contributed by atoms with Gasteiger partial charge in [0.1, 0.15) is 23.8 Å². The number of imidazole rings is 1. The van der Waals surface area contributed by atoms with Gasteiger partial charge in [-0.1, -0.05) is 18.2 Å². The summed E-state index contributed by atoms with van der Waals surface area (Å²) in [5.41, 5.74) is 4.08. The molecular weight excluding hydrogens is 369 g/mol. The summed E-state index contributed by atoms with van der Waals surface area (Å²) in [6.45, 7) is 4.07. The van der Waals surface area contributed by atoms with E-state index in [9.17, 15) is 9.18 Å². The fourth-order valence-electron chi connectivity index (χ4n) is 3.07. The third-order valence-corrected chi connectivity index (χ3v) is 4.58. The Morgan fingerprint density at radius 3 is 2.79 bits per heavy atom. The Kier molecular flexibility index (Phi) is 4.99. The first-order chi connectivity index (χ1) is 14.0. The molecule has 0 saturated carbocycles. The molecule has 1 N–H and O–H groups in total. The molecule has 0 fully saturated rings. The van der Waals surface area contributed by atoms with E-state index in [1.54, 1.807) is 43.3 Å². The minimum Gasteiger partial charge on any atom is -0.487 e. The molecule has 0 unspecified atom stereocenters. The number of carbonyl (C=O) groups is 1. The Hall–Kier alpha value is -3.67. The number of pyridine rings is 1. The van der Waals surface area contributed by atoms with E-state index in [2.05, 4.69) is 10.3 Å². The van der Waals surface area contributed by atoms with Gasteiger partial charge in [-0.3, -0.25) is 4.79 Å². The zero-order valence-corrected chi connectivity index (χ0v) is 16.1. The quantitative estimate of drug-likeness (QED) is 0.527. The van der Waals surface area contributed by atoms with E-state index in [-0.39, 0.29) is 12.3 Å². The van der Waals surface area contributed by atoms with E-state index in [1.165, 1.54) is 6.07 Å². The van der Waals surface area contributed by atoms with Crippen LogP contribution >= 0.6 is 0 Å². The number of hydrogen-bond donors (Lipinski definition) is 1. The van der Waals surface area contributed by atoms with Crippen LogP contribution in [0.4, 0.5) is 10.1 Å². The third-order valence-electron chi connectivity index (χ3n) is 4.58. The van der Waals surface area contributed by atoms with Gasteiger partial charge in [0.05, 0.1) is 11.4 Å². The van der Waals surface area contributed by atoms with Gasteiger partial charge in [-0.25, -0.2) is 9.37 Å². The van der Waals surface area contributed by atoms with Gasteiger partial charge >= 0.3 is 0 Å². The predicted octanol–water partition coefficient (Wildman–Crippen LogP) is 4.92. The van der Waals surface area contributed by atoms with Crippen LogP contribution in [0.2, 0.25) is 0 Å². The molecule has 0 aliphatic heterocycles. The smallest absolute Gasteiger partial charge is 0.255 e. The maximum Gasteiger partial charge on any atom is 0.255 e. The second-order valence-electron chi connectivity index (χ2n) is 6.91. The van der Waals surface area contributed by atoms with E-state index in [4.69, 9.17) is 4.74 Å². The zero-order chi connectivity index (χ0) is 20.4. The Balaban J connectivity index is 1.46. The van der Waals surface area contributed by atoms with Crippen LogP contribution in [0.5, 0.6) is 5.75 Å². The lowest BCUT2D eigenvalue weighted by Crippen LogP contribution is -2.13. The van der Waals surface area contributed by atoms with Crippen molar-refractivity contribution < 1.29 is 13.9 Å². The van der Waals surface area contributed by atoms with E-state index in [0.29, 0.717) is 11.3 Å². The van der Waals surface area contributed by atoms with Crippen LogP contribution in [0.1, 0.15) is 27.2 Å². The number of aryl methyl sites for hydroxylation is 2. The van der Waals surface area contributed by atoms with Crippen LogP contribution in [-0.2, 0) is 6.61 Å². The number of ether oxygens (including phenoxy) is 1. The summed E-state index contributed by atoms with van der Waals surface area (Å²) in [6.07, 6.45) is 3.85. The number of aromatic nitrogens is 2. The second-order valence-corrected chi connectivity index (χ2v) is 6.91. The number of fused-ring (bicyclic) bond motifs is 1. The minimum atomic E-state index is -0.465. The highest BCUT2D eigenvalue weighted by molar-refractivity contribution is 6.04. The lowest BCUT2D eigenvalue weighted by molar-refractivity contribution is 0.102. The Bertz CT molecular complexity index is 1200. The van der Waals surface area contributed by atoms with E-state index in [0.717, 1.165) is 22.5 Å². The summed E-state index contributed by atoms with van der Waals surface area (Å²) in [5, 5.41) is 2.59. The number of nitrogens with one attached hydrogen (secondary N) is 1. The van der Waals surface area contributed by atoms with Gasteiger partial charge in [-0.15, -0.1) is 0 Å². The molecule has 2 aromatic heterocycles. The van der Waals surface area contributed by atoms with Crippen LogP contribution in [-0.4, -0.2) is 15.3 Å². The number of amides is 1. The molecule has 29 heavy (non-hydrogen) atoms. The summed E-state index contributed by atoms with van der Waals surface area (Å²) in [6, 6.07) is 15.4. The van der Waals surface area contributed by atoms with Gasteiger partial charge < -0.3 is 14.5 Å². The molecule has 0 aliphatic rings. The van der Waals surface area contributed by atoms with Crippen molar-refractivity contribution in [3.63, 3.8) is 0 Å². The summed E-state index contributed by atoms with van der Waals surface area (Å²) >= 11 is 0. The first kappa shape index (κ1) is 18.7. The summed E-state index contributed by atoms with van der Waals surface area (Å²) in [5.74, 6) is -0.328. The van der Waals surface area contributed by atoms with E-state index in [1.807, 2.05) is 35.9 Å². The van der Waals surface area contributed by atoms with Crippen LogP contribution in [0.3, 0.4) is 0 Å². The average molecular weight is 389 g/mol. The van der Waals surface area contributed by atoms with Gasteiger partial charge in [0.25, 0.3) is 5.91 Å². The summed E-state index contributed by atoms with van der Waals surface area (Å²) < 4.78 is 21.7. The van der Waals surface area contributed by atoms with Gasteiger partial charge in [0.15, 0.2) is 0 Å². The second kappa shape index (κ2) is 7.75. The average Bonchev–Trinajstić information content (AvgIpc) is 3.13. The van der Waals surface area contributed by atoms with Crippen molar-refractivity contribution in [3.05, 3.63) is 95.2 Å². The van der Waals surface area contributed by atoms with Crippen molar-refractivity contribution in [2.45, 2.75) is 20.5 Å². The highest BCUT2D eigenvalue weighted by atomic mass is 19.1. The number of rotatable bonds is 5. The maximum absolute atomic E-state index is 14.0. The topological polar surface area (TPSA) is 55.6 Å². The highest BCUT2D eigenvalue weighted by Crippen LogP contribution is 2.19. The van der Waals surface area contributed by atoms with Crippen molar-refractivity contribution in [2.24, 2.45) is 0 Å². The first-order valence-corrected chi connectivity index (χ1v) is 9.23. The first-order valence-electron chi connectivity index (χ1n) is 9.23. The molecular formula is C23H20FN3O2. The van der Waals surface area contributed by atoms with Crippen molar-refractivity contribution in [3.8, 4) is 5.75 Å². The van der Waals surface area contributed by atoms with Crippen molar-refractivity contribution in [1.29, 1.82) is 0 Å². The molecule has 6 heteroatoms. The summed E-state index contributed by atoms with van der Waals surface area (Å²) in [7, 11) is 0. The van der Waals surface area contributed by atoms with Crippen molar-refractivity contribution >= 4 is 17.2 Å². The zero-order valence-electron chi connectivity index (χ0n) is 16.1. The fourth-order valence-corrected chi connectivity index (χ4v) is 3.07. The van der Waals surface area contributed by atoms with Crippen LogP contribution in [0.25, 0.3) is 5.65 Å². The lowest BCUT2D eigenvalue weighted by Gasteiger charge is -2.09. The normalized spacial score (nSPS) is 10.9. The number of benzene rings is 2. The SMILES string of the molecule is Cc1ccc(NC(=O)c2cccc(OCc3cn4cccc(C)c4n3)c2)c(F)c1. The Morgan fingerprint density at radius 2 is 2.00 bits per heavy atom. The molecule has 5 nitrogen and oxygen atoms in total. The lowest BCUT2D eigenvalue weighted by atomic mass is 10.1. The number of hydrogen-bond acceptors (Lipinski definition) is 3. The molecule has 2 aromatic carbocycles. The van der Waals surface area contributed by atoms with E-state index < -0.39 is 11.7 Å². The molecule has 0 spiro atoms. The maximum atomic E-state index is 14.0. The molecule has 0 bridgehead atoms. The highest BCUT2D eigenvalue weighted by Gasteiger charge is 2.11. The number of nitrogens with zero attached hydrogens (tertiary/aromatic N) is 2. The number of halogens is 1. The molecule has 0 radical (unpaired) electrons. The Morgan fingerprint density at radius 1 is 1.14 bits per heavy atom.